The largest absolute Gasteiger partial charge is 0.385 e. The first-order chi connectivity index (χ1) is 15.2. The molecule has 0 saturated heterocycles. The summed E-state index contributed by atoms with van der Waals surface area (Å²) in [5.41, 5.74) is 1.89. The highest BCUT2D eigenvalue weighted by atomic mass is 79.9. The van der Waals surface area contributed by atoms with Crippen molar-refractivity contribution >= 4 is 21.6 Å². The lowest BCUT2D eigenvalue weighted by Crippen LogP contribution is -2.36. The topological polar surface area (TPSA) is 33.3 Å². The van der Waals surface area contributed by atoms with Crippen molar-refractivity contribution in [2.75, 3.05) is 38.7 Å². The van der Waals surface area contributed by atoms with Gasteiger partial charge in [0.05, 0.1) is 5.69 Å². The van der Waals surface area contributed by atoms with Gasteiger partial charge in [0.15, 0.2) is 0 Å². The Morgan fingerprint density at radius 2 is 1.77 bits per heavy atom. The van der Waals surface area contributed by atoms with Crippen molar-refractivity contribution in [3.63, 3.8) is 0 Å². The summed E-state index contributed by atoms with van der Waals surface area (Å²) in [5.74, 6) is 1.68. The summed E-state index contributed by atoms with van der Waals surface area (Å²) in [5, 5.41) is 6.87. The van der Waals surface area contributed by atoms with E-state index in [4.69, 9.17) is 4.74 Å². The predicted molar refractivity (Wildman–Crippen MR) is 133 cm³/mol. The summed E-state index contributed by atoms with van der Waals surface area (Å²) in [4.78, 5) is 0. The van der Waals surface area contributed by atoms with Crippen molar-refractivity contribution in [2.24, 2.45) is 11.8 Å². The zero-order valence-corrected chi connectivity index (χ0v) is 20.8. The molecule has 0 radical (unpaired) electrons. The van der Waals surface area contributed by atoms with Gasteiger partial charge in [-0.1, -0.05) is 66.2 Å². The SMILES string of the molecule is CC.COCCCNCC1CCC2CNc3c(F)cc(Br)cc3C2C1.c1ccccc1. The fourth-order valence-electron chi connectivity index (χ4n) is 4.47. The van der Waals surface area contributed by atoms with Gasteiger partial charge >= 0.3 is 0 Å². The van der Waals surface area contributed by atoms with Crippen LogP contribution < -0.4 is 10.6 Å². The van der Waals surface area contributed by atoms with Gasteiger partial charge in [0.2, 0.25) is 0 Å². The molecule has 5 heteroatoms. The smallest absolute Gasteiger partial charge is 0.147 e. The van der Waals surface area contributed by atoms with Crippen LogP contribution in [-0.4, -0.2) is 33.4 Å². The molecule has 2 aromatic rings. The quantitative estimate of drug-likeness (QED) is 0.432. The van der Waals surface area contributed by atoms with Crippen LogP contribution in [0, 0.1) is 17.7 Å². The van der Waals surface area contributed by atoms with Crippen molar-refractivity contribution in [3.05, 3.63) is 64.4 Å². The van der Waals surface area contributed by atoms with Gasteiger partial charge in [-0.2, -0.15) is 0 Å². The highest BCUT2D eigenvalue weighted by molar-refractivity contribution is 9.10. The van der Waals surface area contributed by atoms with Crippen LogP contribution in [0.15, 0.2) is 53.0 Å². The van der Waals surface area contributed by atoms with E-state index in [-0.39, 0.29) is 5.82 Å². The fraction of sp³-hybridized carbons (Fsp3) is 0.538. The fourth-order valence-corrected chi connectivity index (χ4v) is 4.92. The molecule has 1 heterocycles. The van der Waals surface area contributed by atoms with Gasteiger partial charge in [-0.05, 0) is 74.2 Å². The maximum Gasteiger partial charge on any atom is 0.147 e. The van der Waals surface area contributed by atoms with Crippen LogP contribution in [0.2, 0.25) is 0 Å². The summed E-state index contributed by atoms with van der Waals surface area (Å²) >= 11 is 3.45. The third-order valence-electron chi connectivity index (χ3n) is 5.93. The van der Waals surface area contributed by atoms with Crippen molar-refractivity contribution in [1.29, 1.82) is 0 Å². The van der Waals surface area contributed by atoms with Crippen molar-refractivity contribution < 1.29 is 9.13 Å². The van der Waals surface area contributed by atoms with E-state index in [0.29, 0.717) is 17.8 Å². The molecule has 0 amide bonds. The Labute approximate surface area is 196 Å². The van der Waals surface area contributed by atoms with E-state index in [1.54, 1.807) is 13.2 Å². The van der Waals surface area contributed by atoms with E-state index in [0.717, 1.165) is 54.8 Å². The highest BCUT2D eigenvalue weighted by Gasteiger charge is 2.36. The number of hydrogen-bond acceptors (Lipinski definition) is 3. The Bertz CT molecular complexity index is 717. The standard InChI is InChI=1S/C18H26BrFN2O.C6H6.C2H6/c1-23-6-2-5-21-10-12-3-4-13-11-22-18-16(15(13)7-12)8-14(19)9-17(18)20;1-2-4-6-5-3-1;1-2/h8-9,12-13,15,21-22H,2-7,10-11H2,1H3;1-6H;1-2H3. The second-order valence-corrected chi connectivity index (χ2v) is 8.90. The molecule has 0 aromatic heterocycles. The zero-order valence-electron chi connectivity index (χ0n) is 19.2. The summed E-state index contributed by atoms with van der Waals surface area (Å²) in [6.07, 6.45) is 4.72. The van der Waals surface area contributed by atoms with Crippen LogP contribution in [0.3, 0.4) is 0 Å². The molecule has 2 N–H and O–H groups in total. The van der Waals surface area contributed by atoms with Crippen LogP contribution in [-0.2, 0) is 4.74 Å². The van der Waals surface area contributed by atoms with Crippen LogP contribution in [0.5, 0.6) is 0 Å². The summed E-state index contributed by atoms with van der Waals surface area (Å²) in [6.45, 7) is 7.79. The third kappa shape index (κ3) is 8.21. The van der Waals surface area contributed by atoms with E-state index in [1.807, 2.05) is 50.2 Å². The molecule has 2 aromatic carbocycles. The average Bonchev–Trinajstić information content (AvgIpc) is 2.81. The van der Waals surface area contributed by atoms with Crippen LogP contribution in [0.25, 0.3) is 0 Å². The minimum atomic E-state index is -0.132. The lowest BCUT2D eigenvalue weighted by atomic mass is 9.69. The molecule has 3 unspecified atom stereocenters. The number of fused-ring (bicyclic) bond motifs is 3. The first-order valence-electron chi connectivity index (χ1n) is 11.6. The normalized spacial score (nSPS) is 21.3. The lowest BCUT2D eigenvalue weighted by molar-refractivity contribution is 0.191. The Hall–Kier alpha value is -1.43. The molecular weight excluding hydrogens is 455 g/mol. The molecule has 0 spiro atoms. The second kappa shape index (κ2) is 14.6. The minimum absolute atomic E-state index is 0.132. The van der Waals surface area contributed by atoms with Gasteiger partial charge in [-0.3, -0.25) is 0 Å². The van der Waals surface area contributed by atoms with E-state index in [1.165, 1.54) is 12.8 Å². The molecule has 3 atom stereocenters. The molecule has 2 aliphatic rings. The molecule has 1 aliphatic heterocycles. The van der Waals surface area contributed by atoms with Gasteiger partial charge in [0, 0.05) is 24.7 Å². The highest BCUT2D eigenvalue weighted by Crippen LogP contribution is 2.47. The first kappa shape index (κ1) is 25.8. The Kier molecular flexibility index (Phi) is 12.2. The lowest BCUT2D eigenvalue weighted by Gasteiger charge is -2.41. The summed E-state index contributed by atoms with van der Waals surface area (Å²) < 4.78 is 20.1. The minimum Gasteiger partial charge on any atom is -0.385 e. The monoisotopic (exact) mass is 492 g/mol. The van der Waals surface area contributed by atoms with Crippen molar-refractivity contribution in [1.82, 2.24) is 5.32 Å². The number of methoxy groups -OCH3 is 1. The number of hydrogen-bond donors (Lipinski definition) is 2. The molecule has 4 rings (SSSR count). The van der Waals surface area contributed by atoms with Gasteiger partial charge in [-0.25, -0.2) is 4.39 Å². The van der Waals surface area contributed by atoms with Crippen LogP contribution in [0.1, 0.15) is 51.0 Å². The zero-order chi connectivity index (χ0) is 22.5. The first-order valence-corrected chi connectivity index (χ1v) is 12.4. The molecule has 1 saturated carbocycles. The van der Waals surface area contributed by atoms with Crippen molar-refractivity contribution in [2.45, 2.75) is 45.4 Å². The maximum absolute atomic E-state index is 14.2. The number of halogens is 2. The third-order valence-corrected chi connectivity index (χ3v) is 6.39. The second-order valence-electron chi connectivity index (χ2n) is 7.98. The van der Waals surface area contributed by atoms with Gasteiger partial charge in [0.25, 0.3) is 0 Å². The Balaban J connectivity index is 0.000000363. The van der Waals surface area contributed by atoms with Gasteiger partial charge in [0.1, 0.15) is 5.82 Å². The van der Waals surface area contributed by atoms with E-state index in [2.05, 4.69) is 32.6 Å². The van der Waals surface area contributed by atoms with Crippen LogP contribution in [0.4, 0.5) is 10.1 Å². The van der Waals surface area contributed by atoms with Gasteiger partial charge < -0.3 is 15.4 Å². The van der Waals surface area contributed by atoms with Crippen LogP contribution >= 0.6 is 15.9 Å². The van der Waals surface area contributed by atoms with E-state index in [9.17, 15) is 4.39 Å². The number of ether oxygens (including phenoxy) is 1. The average molecular weight is 494 g/mol. The predicted octanol–water partition coefficient (Wildman–Crippen LogP) is 6.85. The Morgan fingerprint density at radius 1 is 1.10 bits per heavy atom. The molecule has 31 heavy (non-hydrogen) atoms. The molecule has 172 valence electrons. The number of benzene rings is 2. The van der Waals surface area contributed by atoms with Crippen molar-refractivity contribution in [3.8, 4) is 0 Å². The molecular formula is C26H38BrFN2O. The number of rotatable bonds is 6. The Morgan fingerprint density at radius 3 is 2.42 bits per heavy atom. The molecule has 1 aliphatic carbocycles. The number of anilines is 1. The summed E-state index contributed by atoms with van der Waals surface area (Å²) in [6, 6.07) is 15.7. The number of nitrogens with one attached hydrogen (secondary N) is 2. The molecule has 1 fully saturated rings. The van der Waals surface area contributed by atoms with Gasteiger partial charge in [-0.15, -0.1) is 0 Å². The molecule has 0 bridgehead atoms. The summed E-state index contributed by atoms with van der Waals surface area (Å²) in [7, 11) is 1.74. The molecule has 3 nitrogen and oxygen atoms in total. The van der Waals surface area contributed by atoms with E-state index < -0.39 is 0 Å². The maximum atomic E-state index is 14.2. The van der Waals surface area contributed by atoms with E-state index >= 15 is 0 Å².